The molecule has 10 heteroatoms. The molecule has 3 N–H and O–H groups in total. The van der Waals surface area contributed by atoms with Gasteiger partial charge in [0.25, 0.3) is 0 Å². The maximum Gasteiger partial charge on any atom is 0.323 e. The van der Waals surface area contributed by atoms with Crippen LogP contribution in [0.15, 0.2) is 64.3 Å². The minimum absolute atomic E-state index is 0.118. The molecule has 0 unspecified atom stereocenters. The maximum absolute atomic E-state index is 12.8. The molecule has 184 valence electrons. The summed E-state index contributed by atoms with van der Waals surface area (Å²) < 4.78 is 28.3. The molecule has 2 heterocycles. The number of piperazine rings is 1. The Morgan fingerprint density at radius 1 is 0.914 bits per heavy atom. The van der Waals surface area contributed by atoms with Gasteiger partial charge >= 0.3 is 5.69 Å². The van der Waals surface area contributed by atoms with Crippen LogP contribution >= 0.6 is 11.6 Å². The summed E-state index contributed by atoms with van der Waals surface area (Å²) >= 11 is 6.41. The second kappa shape index (κ2) is 10.0. The Labute approximate surface area is 208 Å². The smallest absolute Gasteiger partial charge is 0.323 e. The Morgan fingerprint density at radius 2 is 1.71 bits per heavy atom. The van der Waals surface area contributed by atoms with Crippen molar-refractivity contribution in [3.8, 4) is 0 Å². The lowest BCUT2D eigenvalue weighted by Gasteiger charge is -2.36. The van der Waals surface area contributed by atoms with E-state index in [2.05, 4.69) is 24.5 Å². The molecule has 3 aromatic carbocycles. The van der Waals surface area contributed by atoms with Crippen LogP contribution in [0.3, 0.4) is 0 Å². The van der Waals surface area contributed by atoms with Gasteiger partial charge in [-0.2, -0.15) is 0 Å². The number of halogens is 1. The number of unbranched alkanes of at least 4 members (excludes halogenated alkanes) is 1. The Morgan fingerprint density at radius 3 is 2.54 bits per heavy atom. The first-order chi connectivity index (χ1) is 16.9. The third kappa shape index (κ3) is 5.08. The average molecular weight is 514 g/mol. The zero-order valence-electron chi connectivity index (χ0n) is 19.3. The molecular formula is C25H28ClN5O3S. The molecular weight excluding hydrogens is 486 g/mol. The summed E-state index contributed by atoms with van der Waals surface area (Å²) in [5.74, 6) is 0. The SMILES string of the molecule is O=c1[nH]c2cccc(N3CCN(CCCCNS(=O)(=O)c4ccc5ccccc5c4Cl)CC3)c2[nH]1. The van der Waals surface area contributed by atoms with Gasteiger partial charge in [0.05, 0.1) is 21.7 Å². The molecule has 35 heavy (non-hydrogen) atoms. The van der Waals surface area contributed by atoms with E-state index in [-0.39, 0.29) is 15.6 Å². The predicted molar refractivity (Wildman–Crippen MR) is 141 cm³/mol. The number of sulfonamides is 1. The quantitative estimate of drug-likeness (QED) is 0.313. The zero-order valence-corrected chi connectivity index (χ0v) is 20.8. The number of H-pyrrole nitrogens is 2. The minimum atomic E-state index is -3.67. The van der Waals surface area contributed by atoms with Crippen molar-refractivity contribution in [1.29, 1.82) is 0 Å². The highest BCUT2D eigenvalue weighted by Crippen LogP contribution is 2.30. The largest absolute Gasteiger partial charge is 0.367 e. The second-order valence-corrected chi connectivity index (χ2v) is 10.9. The summed E-state index contributed by atoms with van der Waals surface area (Å²) in [5.41, 5.74) is 2.53. The van der Waals surface area contributed by atoms with Gasteiger partial charge in [0.1, 0.15) is 4.90 Å². The van der Waals surface area contributed by atoms with Crippen LogP contribution in [0.2, 0.25) is 5.02 Å². The Balaban J connectivity index is 1.09. The molecule has 5 rings (SSSR count). The first-order valence-corrected chi connectivity index (χ1v) is 13.6. The molecule has 0 atom stereocenters. The molecule has 4 aromatic rings. The molecule has 8 nitrogen and oxygen atoms in total. The number of rotatable bonds is 8. The molecule has 1 saturated heterocycles. The summed E-state index contributed by atoms with van der Waals surface area (Å²) in [5, 5.41) is 1.90. The Kier molecular flexibility index (Phi) is 6.84. The highest BCUT2D eigenvalue weighted by atomic mass is 35.5. The van der Waals surface area contributed by atoms with Gasteiger partial charge in [-0.25, -0.2) is 17.9 Å². The van der Waals surface area contributed by atoms with Crippen LogP contribution in [0.25, 0.3) is 21.8 Å². The topological polar surface area (TPSA) is 101 Å². The summed E-state index contributed by atoms with van der Waals surface area (Å²) in [4.78, 5) is 22.2. The lowest BCUT2D eigenvalue weighted by molar-refractivity contribution is 0.253. The molecule has 1 aromatic heterocycles. The molecule has 1 fully saturated rings. The number of anilines is 1. The molecule has 1 aliphatic heterocycles. The standard InChI is InChI=1S/C25H28ClN5O3S/c26-23-19-7-2-1-6-18(19)10-11-22(23)35(33,34)27-12-3-4-13-30-14-16-31(17-15-30)21-9-5-8-20-24(21)29-25(32)28-20/h1-2,5-11,27H,3-4,12-17H2,(H2,28,29,32). The van der Waals surface area contributed by atoms with E-state index in [0.717, 1.165) is 73.1 Å². The Bertz CT molecular complexity index is 1510. The van der Waals surface area contributed by atoms with Gasteiger partial charge in [-0.1, -0.05) is 48.0 Å². The van der Waals surface area contributed by atoms with Crippen LogP contribution in [0.5, 0.6) is 0 Å². The van der Waals surface area contributed by atoms with Gasteiger partial charge in [-0.05, 0) is 43.0 Å². The maximum atomic E-state index is 12.8. The monoisotopic (exact) mass is 513 g/mol. The summed E-state index contributed by atoms with van der Waals surface area (Å²) in [6, 6.07) is 16.7. The number of aromatic nitrogens is 2. The van der Waals surface area contributed by atoms with Crippen molar-refractivity contribution >= 4 is 49.1 Å². The summed E-state index contributed by atoms with van der Waals surface area (Å²) in [7, 11) is -3.67. The number of hydrogen-bond acceptors (Lipinski definition) is 5. The fraction of sp³-hybridized carbons (Fsp3) is 0.320. The van der Waals surface area contributed by atoms with Crippen LogP contribution < -0.4 is 15.3 Å². The van der Waals surface area contributed by atoms with E-state index in [9.17, 15) is 13.2 Å². The van der Waals surface area contributed by atoms with E-state index in [1.807, 2.05) is 42.5 Å². The summed E-state index contributed by atoms with van der Waals surface area (Å²) in [6.45, 7) is 4.87. The van der Waals surface area contributed by atoms with Gasteiger partial charge in [-0.15, -0.1) is 0 Å². The van der Waals surface area contributed by atoms with Gasteiger partial charge < -0.3 is 14.9 Å². The van der Waals surface area contributed by atoms with E-state index < -0.39 is 10.0 Å². The van der Waals surface area contributed by atoms with Crippen LogP contribution in [0.4, 0.5) is 5.69 Å². The third-order valence-corrected chi connectivity index (χ3v) is 8.58. The lowest BCUT2D eigenvalue weighted by Crippen LogP contribution is -2.46. The fourth-order valence-corrected chi connectivity index (χ4v) is 6.39. The molecule has 0 radical (unpaired) electrons. The number of hydrogen-bond donors (Lipinski definition) is 3. The second-order valence-electron chi connectivity index (χ2n) is 8.81. The first-order valence-electron chi connectivity index (χ1n) is 11.8. The molecule has 1 aliphatic rings. The number of nitrogens with zero attached hydrogens (tertiary/aromatic N) is 2. The van der Waals surface area contributed by atoms with E-state index in [0.29, 0.717) is 6.54 Å². The number of benzene rings is 3. The highest BCUT2D eigenvalue weighted by molar-refractivity contribution is 7.89. The third-order valence-electron chi connectivity index (χ3n) is 6.55. The number of aromatic amines is 2. The van der Waals surface area contributed by atoms with Gasteiger partial charge in [-0.3, -0.25) is 4.90 Å². The fourth-order valence-electron chi connectivity index (χ4n) is 4.68. The van der Waals surface area contributed by atoms with Gasteiger partial charge in [0.2, 0.25) is 10.0 Å². The number of fused-ring (bicyclic) bond motifs is 2. The summed E-state index contributed by atoms with van der Waals surface area (Å²) in [6.07, 6.45) is 1.64. The first kappa shape index (κ1) is 23.9. The predicted octanol–water partition coefficient (Wildman–Crippen LogP) is 3.54. The number of imidazole rings is 1. The van der Waals surface area contributed by atoms with Crippen molar-refractivity contribution in [2.75, 3.05) is 44.2 Å². The molecule has 0 aliphatic carbocycles. The zero-order chi connectivity index (χ0) is 24.4. The van der Waals surface area contributed by atoms with Crippen molar-refractivity contribution in [2.45, 2.75) is 17.7 Å². The van der Waals surface area contributed by atoms with Crippen LogP contribution in [0.1, 0.15) is 12.8 Å². The van der Waals surface area contributed by atoms with Crippen molar-refractivity contribution in [1.82, 2.24) is 19.6 Å². The van der Waals surface area contributed by atoms with E-state index in [1.165, 1.54) is 0 Å². The minimum Gasteiger partial charge on any atom is -0.367 e. The lowest BCUT2D eigenvalue weighted by atomic mass is 10.1. The van der Waals surface area contributed by atoms with Crippen molar-refractivity contribution in [3.63, 3.8) is 0 Å². The normalized spacial score (nSPS) is 15.3. The highest BCUT2D eigenvalue weighted by Gasteiger charge is 2.21. The van der Waals surface area contributed by atoms with Crippen molar-refractivity contribution in [3.05, 3.63) is 70.1 Å². The molecule has 0 saturated carbocycles. The van der Waals surface area contributed by atoms with E-state index in [1.54, 1.807) is 12.1 Å². The van der Waals surface area contributed by atoms with Gasteiger partial charge in [0, 0.05) is 38.1 Å². The van der Waals surface area contributed by atoms with Crippen molar-refractivity contribution < 1.29 is 8.42 Å². The molecule has 0 bridgehead atoms. The van der Waals surface area contributed by atoms with E-state index >= 15 is 0 Å². The van der Waals surface area contributed by atoms with Crippen LogP contribution in [-0.4, -0.2) is 62.6 Å². The van der Waals surface area contributed by atoms with E-state index in [4.69, 9.17) is 11.6 Å². The number of nitrogens with one attached hydrogen (secondary N) is 3. The Hall–Kier alpha value is -2.85. The molecule has 0 spiro atoms. The molecule has 0 amide bonds. The average Bonchev–Trinajstić information content (AvgIpc) is 3.25. The van der Waals surface area contributed by atoms with Crippen molar-refractivity contribution in [2.24, 2.45) is 0 Å². The van der Waals surface area contributed by atoms with Crippen LogP contribution in [0, 0.1) is 0 Å². The van der Waals surface area contributed by atoms with Crippen LogP contribution in [-0.2, 0) is 10.0 Å². The number of para-hydroxylation sites is 1. The van der Waals surface area contributed by atoms with Gasteiger partial charge in [0.15, 0.2) is 0 Å².